The second-order valence-corrected chi connectivity index (χ2v) is 6.32. The molecule has 4 nitrogen and oxygen atoms in total. The van der Waals surface area contributed by atoms with Crippen molar-refractivity contribution in [3.05, 3.63) is 35.4 Å². The van der Waals surface area contributed by atoms with E-state index in [-0.39, 0.29) is 29.1 Å². The molecule has 5 rings (SSSR count). The van der Waals surface area contributed by atoms with Gasteiger partial charge in [0.25, 0.3) is 0 Å². The molecule has 2 bridgehead atoms. The summed E-state index contributed by atoms with van der Waals surface area (Å²) >= 11 is 0. The lowest BCUT2D eigenvalue weighted by Gasteiger charge is -2.56. The van der Waals surface area contributed by atoms with E-state index in [1.165, 1.54) is 13.2 Å². The standard InChI is InChI=1S/C18H21NO3/c1-19-8-7-18-11-4-5-13(20)17(18)22-16-14(21-2)6-3-10(15(16)18)9-12(11)19/h3-6,11-13,17,20H,7-9H2,1-2H3/t11-,12+,13?,17?,18-/m0/s1/i3D,6D,9D2,12D,13D,20D. The van der Waals surface area contributed by atoms with E-state index in [2.05, 4.69) is 0 Å². The fraction of sp³-hybridized carbons (Fsp3) is 0.556. The van der Waals surface area contributed by atoms with Gasteiger partial charge in [0.15, 0.2) is 11.5 Å². The highest BCUT2D eigenvalue weighted by Crippen LogP contribution is 2.62. The summed E-state index contributed by atoms with van der Waals surface area (Å²) in [6.45, 7) is 0.373. The van der Waals surface area contributed by atoms with Crippen molar-refractivity contribution in [3.63, 3.8) is 0 Å². The number of nitrogens with zero attached hydrogens (tertiary/aromatic N) is 1. The van der Waals surface area contributed by atoms with Gasteiger partial charge in [0.2, 0.25) is 1.43 Å². The number of piperidine rings is 1. The Balaban J connectivity index is 1.98. The zero-order valence-corrected chi connectivity index (χ0v) is 12.4. The van der Waals surface area contributed by atoms with Crippen LogP contribution in [0.1, 0.15) is 25.8 Å². The summed E-state index contributed by atoms with van der Waals surface area (Å²) in [5, 5.41) is 4.77. The molecular formula is C18H21NO3. The molecule has 0 amide bonds. The fourth-order valence-corrected chi connectivity index (χ4v) is 4.45. The molecule has 4 heteroatoms. The minimum Gasteiger partial charge on any atom is -0.493 e. The Bertz CT molecular complexity index is 972. The molecule has 4 aliphatic rings. The van der Waals surface area contributed by atoms with E-state index in [0.29, 0.717) is 18.5 Å². The first-order chi connectivity index (χ1) is 13.5. The largest absolute Gasteiger partial charge is 0.493 e. The van der Waals surface area contributed by atoms with Gasteiger partial charge in [0.1, 0.15) is 12.2 Å². The van der Waals surface area contributed by atoms with Crippen molar-refractivity contribution in [1.29, 1.82) is 1.43 Å². The normalized spacial score (nSPS) is 54.5. The maximum absolute atomic E-state index is 9.29. The Morgan fingerprint density at radius 2 is 2.50 bits per heavy atom. The van der Waals surface area contributed by atoms with E-state index in [1.54, 1.807) is 18.0 Å². The summed E-state index contributed by atoms with van der Waals surface area (Å²) in [5.41, 5.74) is -0.690. The third kappa shape index (κ3) is 1.28. The van der Waals surface area contributed by atoms with E-state index in [0.717, 1.165) is 0 Å². The molecule has 22 heavy (non-hydrogen) atoms. The van der Waals surface area contributed by atoms with Gasteiger partial charge in [-0.05, 0) is 38.0 Å². The number of hydrogen-bond acceptors (Lipinski definition) is 4. The fourth-order valence-electron chi connectivity index (χ4n) is 4.45. The number of methoxy groups -OCH3 is 1. The number of hydrogen-bond donors (Lipinski definition) is 1. The van der Waals surface area contributed by atoms with Crippen LogP contribution in [0.15, 0.2) is 24.2 Å². The van der Waals surface area contributed by atoms with Crippen molar-refractivity contribution in [2.24, 2.45) is 5.92 Å². The molecule has 2 aliphatic heterocycles. The van der Waals surface area contributed by atoms with Crippen LogP contribution in [0, 0.1) is 5.92 Å². The number of ether oxygens (including phenoxy) is 2. The minimum atomic E-state index is -2.29. The molecule has 1 saturated heterocycles. The highest BCUT2D eigenvalue weighted by Gasteiger charge is 2.64. The molecule has 1 aromatic rings. The van der Waals surface area contributed by atoms with E-state index in [1.807, 2.05) is 0 Å². The zero-order chi connectivity index (χ0) is 21.1. The smallest absolute Gasteiger partial charge is 0.211 e. The van der Waals surface area contributed by atoms with Crippen LogP contribution in [0.4, 0.5) is 0 Å². The van der Waals surface area contributed by atoms with Gasteiger partial charge < -0.3 is 19.5 Å². The molecular weight excluding hydrogens is 278 g/mol. The molecule has 5 atom stereocenters. The predicted octanol–water partition coefficient (Wildman–Crippen LogP) is 1.50. The molecule has 1 fully saturated rings. The first-order valence-electron chi connectivity index (χ1n) is 10.9. The number of rotatable bonds is 2. The first kappa shape index (κ1) is 7.84. The second kappa shape index (κ2) is 4.06. The second-order valence-electron chi connectivity index (χ2n) is 6.32. The molecule has 0 radical (unpaired) electrons. The predicted molar refractivity (Wildman–Crippen MR) is 82.5 cm³/mol. The van der Waals surface area contributed by atoms with Gasteiger partial charge in [-0.3, -0.25) is 0 Å². The van der Waals surface area contributed by atoms with Crippen LogP contribution >= 0.6 is 0 Å². The van der Waals surface area contributed by atoms with Gasteiger partial charge in [0, 0.05) is 27.0 Å². The lowest BCUT2D eigenvalue weighted by molar-refractivity contribution is -0.0453. The quantitative estimate of drug-likeness (QED) is 0.841. The van der Waals surface area contributed by atoms with Gasteiger partial charge in [-0.1, -0.05) is 18.2 Å². The van der Waals surface area contributed by atoms with E-state index in [4.69, 9.17) is 22.9 Å². The summed E-state index contributed by atoms with van der Waals surface area (Å²) in [6, 6.07) is -2.44. The van der Waals surface area contributed by atoms with Crippen LogP contribution < -0.4 is 9.47 Å². The maximum Gasteiger partial charge on any atom is 0.211 e. The molecule has 0 aromatic heterocycles. The molecule has 2 heterocycles. The average molecular weight is 306 g/mol. The zero-order valence-electron chi connectivity index (χ0n) is 19.4. The third-order valence-electron chi connectivity index (χ3n) is 5.44. The highest BCUT2D eigenvalue weighted by atomic mass is 16.5. The summed E-state index contributed by atoms with van der Waals surface area (Å²) in [4.78, 5) is 1.64. The number of likely N-dealkylation sites (tertiary alicyclic amines) is 1. The van der Waals surface area contributed by atoms with Crippen molar-refractivity contribution in [1.82, 2.24) is 4.90 Å². The van der Waals surface area contributed by atoms with E-state index < -0.39 is 35.9 Å². The third-order valence-corrected chi connectivity index (χ3v) is 5.44. The number of benzene rings is 1. The monoisotopic (exact) mass is 306 g/mol. The van der Waals surface area contributed by atoms with Crippen LogP contribution in [0.25, 0.3) is 0 Å². The van der Waals surface area contributed by atoms with Gasteiger partial charge >= 0.3 is 0 Å². The summed E-state index contributed by atoms with van der Waals surface area (Å²) in [6.07, 6.45) is -1.79. The Hall–Kier alpha value is -1.52. The van der Waals surface area contributed by atoms with Crippen LogP contribution in [-0.4, -0.2) is 50.3 Å². The average Bonchev–Trinajstić information content (AvgIpc) is 3.01. The Kier molecular flexibility index (Phi) is 1.45. The summed E-state index contributed by atoms with van der Waals surface area (Å²) in [7, 11) is 3.03. The lowest BCUT2D eigenvalue weighted by atomic mass is 9.53. The number of likely N-dealkylation sites (N-methyl/N-ethyl adjacent to an activating group) is 1. The molecule has 116 valence electrons. The van der Waals surface area contributed by atoms with E-state index in [9.17, 15) is 1.37 Å². The Labute approximate surface area is 140 Å². The summed E-state index contributed by atoms with van der Waals surface area (Å²) < 4.78 is 71.8. The van der Waals surface area contributed by atoms with Gasteiger partial charge in [-0.2, -0.15) is 0 Å². The Morgan fingerprint density at radius 1 is 1.59 bits per heavy atom. The van der Waals surface area contributed by atoms with Gasteiger partial charge in [-0.25, -0.2) is 0 Å². The van der Waals surface area contributed by atoms with Crippen LogP contribution in [0.2, 0.25) is 0 Å². The molecule has 0 saturated carbocycles. The minimum absolute atomic E-state index is 0.0100. The van der Waals surface area contributed by atoms with E-state index >= 15 is 0 Å². The van der Waals surface area contributed by atoms with Gasteiger partial charge in [0.05, 0.1) is 11.2 Å². The topological polar surface area (TPSA) is 41.9 Å². The van der Waals surface area contributed by atoms with Crippen molar-refractivity contribution in [3.8, 4) is 11.5 Å². The molecule has 1 spiro atoms. The Morgan fingerprint density at radius 3 is 3.32 bits per heavy atom. The summed E-state index contributed by atoms with van der Waals surface area (Å²) in [5.74, 6) is -0.556. The van der Waals surface area contributed by atoms with Crippen molar-refractivity contribution in [2.75, 3.05) is 20.7 Å². The van der Waals surface area contributed by atoms with Crippen molar-refractivity contribution < 1.29 is 22.8 Å². The highest BCUT2D eigenvalue weighted by molar-refractivity contribution is 5.62. The van der Waals surface area contributed by atoms with Crippen LogP contribution in [0.5, 0.6) is 11.5 Å². The number of aliphatic hydroxyl groups is 1. The van der Waals surface area contributed by atoms with Crippen molar-refractivity contribution >= 4 is 0 Å². The maximum atomic E-state index is 9.29. The van der Waals surface area contributed by atoms with Crippen LogP contribution in [0.3, 0.4) is 0 Å². The molecule has 2 unspecified atom stereocenters. The van der Waals surface area contributed by atoms with Crippen molar-refractivity contribution in [2.45, 2.75) is 36.4 Å². The SMILES string of the molecule is [2H]OC1([2H])C=C[C@@H]2[C@@]34CCN(C)[C@]2([2H])C([2H])([2H])c2c([2H])c([2H])c(OC)c(c23)OC14. The molecule has 2 aliphatic carbocycles. The first-order valence-corrected chi connectivity index (χ1v) is 7.46. The molecule has 1 aromatic carbocycles. The lowest BCUT2D eigenvalue weighted by Crippen LogP contribution is -2.64. The van der Waals surface area contributed by atoms with Gasteiger partial charge in [-0.15, -0.1) is 0 Å². The molecule has 1 N–H and O–H groups in total. The van der Waals surface area contributed by atoms with Crippen LogP contribution in [-0.2, 0) is 11.8 Å².